The first-order valence-corrected chi connectivity index (χ1v) is 5.49. The Labute approximate surface area is 96.0 Å². The number of hydrogen-bond acceptors (Lipinski definition) is 3. The Morgan fingerprint density at radius 2 is 2.20 bits per heavy atom. The van der Waals surface area contributed by atoms with Gasteiger partial charge < -0.3 is 15.0 Å². The molecule has 0 amide bonds. The number of nitrogens with one attached hydrogen (secondary N) is 1. The number of ether oxygens (including phenoxy) is 1. The van der Waals surface area contributed by atoms with Crippen LogP contribution < -0.4 is 5.32 Å². The third-order valence-corrected chi connectivity index (χ3v) is 2.48. The molecule has 1 unspecified atom stereocenters. The van der Waals surface area contributed by atoms with Crippen molar-refractivity contribution in [3.05, 3.63) is 0 Å². The van der Waals surface area contributed by atoms with Crippen LogP contribution in [0.4, 0.5) is 0 Å². The second-order valence-electron chi connectivity index (χ2n) is 4.63. The summed E-state index contributed by atoms with van der Waals surface area (Å²) in [6.07, 6.45) is 0. The number of rotatable bonds is 2. The lowest BCUT2D eigenvalue weighted by atomic mass is 10.2. The lowest BCUT2D eigenvalue weighted by Gasteiger charge is -2.27. The number of carbonyl (C=O) groups is 1. The lowest BCUT2D eigenvalue weighted by Crippen LogP contribution is -2.44. The van der Waals surface area contributed by atoms with Crippen molar-refractivity contribution in [3.63, 3.8) is 0 Å². The van der Waals surface area contributed by atoms with Crippen molar-refractivity contribution >= 4 is 23.3 Å². The minimum atomic E-state index is -0.444. The van der Waals surface area contributed by atoms with Gasteiger partial charge >= 0.3 is 5.97 Å². The van der Waals surface area contributed by atoms with Crippen molar-refractivity contribution in [2.45, 2.75) is 39.3 Å². The smallest absolute Gasteiger partial charge is 0.329 e. The summed E-state index contributed by atoms with van der Waals surface area (Å²) in [4.78, 5) is 13.6. The van der Waals surface area contributed by atoms with E-state index in [1.807, 2.05) is 32.6 Å². The molecule has 0 aromatic heterocycles. The van der Waals surface area contributed by atoms with E-state index in [0.29, 0.717) is 5.11 Å². The molecule has 0 aromatic rings. The second kappa shape index (κ2) is 4.35. The highest BCUT2D eigenvalue weighted by Gasteiger charge is 2.30. The van der Waals surface area contributed by atoms with Crippen molar-refractivity contribution in [3.8, 4) is 0 Å². The van der Waals surface area contributed by atoms with Gasteiger partial charge in [-0.05, 0) is 39.9 Å². The molecule has 86 valence electrons. The van der Waals surface area contributed by atoms with Crippen LogP contribution in [0.25, 0.3) is 0 Å². The third-order valence-electron chi connectivity index (χ3n) is 2.11. The van der Waals surface area contributed by atoms with Gasteiger partial charge in [0.25, 0.3) is 0 Å². The molecule has 1 N–H and O–H groups in total. The Kier molecular flexibility index (Phi) is 3.54. The fourth-order valence-electron chi connectivity index (χ4n) is 1.37. The minimum absolute atomic E-state index is 0.228. The van der Waals surface area contributed by atoms with Crippen LogP contribution in [0.1, 0.15) is 27.7 Å². The van der Waals surface area contributed by atoms with E-state index >= 15 is 0 Å². The molecule has 0 aromatic carbocycles. The van der Waals surface area contributed by atoms with Crippen LogP contribution in [0, 0.1) is 0 Å². The Bertz CT molecular complexity index is 273. The highest BCUT2D eigenvalue weighted by atomic mass is 32.1. The van der Waals surface area contributed by atoms with Crippen molar-refractivity contribution in [1.29, 1.82) is 0 Å². The fraction of sp³-hybridized carbons (Fsp3) is 0.800. The molecule has 0 radical (unpaired) electrons. The van der Waals surface area contributed by atoms with E-state index in [2.05, 4.69) is 5.32 Å². The van der Waals surface area contributed by atoms with Gasteiger partial charge in [-0.15, -0.1) is 0 Å². The summed E-state index contributed by atoms with van der Waals surface area (Å²) in [6, 6.07) is -0.313. The van der Waals surface area contributed by atoms with Gasteiger partial charge in [0.15, 0.2) is 5.11 Å². The number of hydrogen-bond donors (Lipinski definition) is 1. The van der Waals surface area contributed by atoms with E-state index in [-0.39, 0.29) is 12.0 Å². The summed E-state index contributed by atoms with van der Waals surface area (Å²) < 4.78 is 5.29. The van der Waals surface area contributed by atoms with Crippen molar-refractivity contribution in [2.75, 3.05) is 13.1 Å². The van der Waals surface area contributed by atoms with Gasteiger partial charge in [0, 0.05) is 13.1 Å². The summed E-state index contributed by atoms with van der Waals surface area (Å²) in [5.74, 6) is -0.228. The first kappa shape index (κ1) is 12.2. The average molecular weight is 230 g/mol. The highest BCUT2D eigenvalue weighted by Crippen LogP contribution is 2.12. The molecule has 0 spiro atoms. The third kappa shape index (κ3) is 3.34. The van der Waals surface area contributed by atoms with Crippen LogP contribution >= 0.6 is 12.2 Å². The highest BCUT2D eigenvalue weighted by molar-refractivity contribution is 7.80. The molecule has 0 bridgehead atoms. The van der Waals surface area contributed by atoms with Crippen LogP contribution in [0.3, 0.4) is 0 Å². The average Bonchev–Trinajstić information content (AvgIpc) is 2.47. The van der Waals surface area contributed by atoms with E-state index in [1.165, 1.54) is 0 Å². The van der Waals surface area contributed by atoms with Gasteiger partial charge in [-0.3, -0.25) is 0 Å². The molecule has 0 saturated carbocycles. The maximum Gasteiger partial charge on any atom is 0.329 e. The molecule has 1 fully saturated rings. The topological polar surface area (TPSA) is 41.6 Å². The predicted molar refractivity (Wildman–Crippen MR) is 62.6 cm³/mol. The Morgan fingerprint density at radius 3 is 2.60 bits per heavy atom. The molecular weight excluding hydrogens is 212 g/mol. The molecular formula is C10H18N2O2S. The molecule has 1 aliphatic rings. The quantitative estimate of drug-likeness (QED) is 0.564. The second-order valence-corrected chi connectivity index (χ2v) is 5.02. The Hall–Kier alpha value is -0.840. The summed E-state index contributed by atoms with van der Waals surface area (Å²) in [5.41, 5.74) is -0.444. The molecule has 1 atom stereocenters. The predicted octanol–water partition coefficient (Wildman–Crippen LogP) is 0.907. The Morgan fingerprint density at radius 1 is 1.60 bits per heavy atom. The van der Waals surface area contributed by atoms with Crippen molar-refractivity contribution in [1.82, 2.24) is 10.2 Å². The monoisotopic (exact) mass is 230 g/mol. The zero-order valence-corrected chi connectivity index (χ0v) is 10.5. The zero-order valence-electron chi connectivity index (χ0n) is 9.66. The summed E-state index contributed by atoms with van der Waals surface area (Å²) in [7, 11) is 0. The van der Waals surface area contributed by atoms with E-state index < -0.39 is 5.60 Å². The van der Waals surface area contributed by atoms with Gasteiger partial charge in [-0.1, -0.05) is 0 Å². The molecule has 0 aliphatic carbocycles. The summed E-state index contributed by atoms with van der Waals surface area (Å²) in [6.45, 7) is 8.95. The molecule has 1 aliphatic heterocycles. The van der Waals surface area contributed by atoms with Gasteiger partial charge in [0.05, 0.1) is 0 Å². The Balaban J connectivity index is 2.56. The normalized spacial score (nSPS) is 18.7. The van der Waals surface area contributed by atoms with Crippen molar-refractivity contribution in [2.24, 2.45) is 0 Å². The first-order chi connectivity index (χ1) is 6.81. The summed E-state index contributed by atoms with van der Waals surface area (Å²) >= 11 is 5.08. The molecule has 4 nitrogen and oxygen atoms in total. The summed E-state index contributed by atoms with van der Waals surface area (Å²) in [5, 5.41) is 3.65. The number of carbonyl (C=O) groups excluding carboxylic acids is 1. The maximum absolute atomic E-state index is 11.7. The molecule has 5 heteroatoms. The maximum atomic E-state index is 11.7. The van der Waals surface area contributed by atoms with Crippen LogP contribution in [-0.4, -0.2) is 40.7 Å². The van der Waals surface area contributed by atoms with Crippen LogP contribution in [0.5, 0.6) is 0 Å². The number of thiocarbonyl (C=S) groups is 1. The van der Waals surface area contributed by atoms with Crippen LogP contribution in [-0.2, 0) is 9.53 Å². The molecule has 15 heavy (non-hydrogen) atoms. The van der Waals surface area contributed by atoms with Gasteiger partial charge in [0.2, 0.25) is 0 Å². The van der Waals surface area contributed by atoms with E-state index in [1.54, 1.807) is 0 Å². The van der Waals surface area contributed by atoms with Gasteiger partial charge in [-0.25, -0.2) is 4.79 Å². The minimum Gasteiger partial charge on any atom is -0.458 e. The number of esters is 1. The standard InChI is InChI=1S/C10H18N2O2S/c1-7(8(13)14-10(2,3)4)12-6-5-11-9(12)15/h7H,5-6H2,1-4H3,(H,11,15). The van der Waals surface area contributed by atoms with Gasteiger partial charge in [0.1, 0.15) is 11.6 Å². The van der Waals surface area contributed by atoms with E-state index in [0.717, 1.165) is 13.1 Å². The molecule has 1 heterocycles. The van der Waals surface area contributed by atoms with E-state index in [4.69, 9.17) is 17.0 Å². The first-order valence-electron chi connectivity index (χ1n) is 5.08. The molecule has 1 rings (SSSR count). The zero-order chi connectivity index (χ0) is 11.6. The SMILES string of the molecule is CC(C(=O)OC(C)(C)C)N1CCNC1=S. The van der Waals surface area contributed by atoms with E-state index in [9.17, 15) is 4.79 Å². The largest absolute Gasteiger partial charge is 0.458 e. The van der Waals surface area contributed by atoms with Crippen LogP contribution in [0.15, 0.2) is 0 Å². The number of nitrogens with zero attached hydrogens (tertiary/aromatic N) is 1. The lowest BCUT2D eigenvalue weighted by molar-refractivity contribution is -0.159. The fourth-order valence-corrected chi connectivity index (χ4v) is 1.72. The van der Waals surface area contributed by atoms with Crippen molar-refractivity contribution < 1.29 is 9.53 Å². The van der Waals surface area contributed by atoms with Gasteiger partial charge in [-0.2, -0.15) is 0 Å². The van der Waals surface area contributed by atoms with Crippen LogP contribution in [0.2, 0.25) is 0 Å². The molecule has 1 saturated heterocycles.